The molecule has 202 valence electrons. The van der Waals surface area contributed by atoms with Gasteiger partial charge in [0, 0.05) is 28.3 Å². The van der Waals surface area contributed by atoms with Crippen LogP contribution < -0.4 is 5.32 Å². The van der Waals surface area contributed by atoms with Gasteiger partial charge in [0.1, 0.15) is 5.82 Å². The van der Waals surface area contributed by atoms with E-state index in [4.69, 9.17) is 5.11 Å². The number of carbonyl (C=O) groups is 2. The van der Waals surface area contributed by atoms with Crippen molar-refractivity contribution in [3.05, 3.63) is 83.7 Å². The average Bonchev–Trinajstić information content (AvgIpc) is 3.17. The Bertz CT molecular complexity index is 1500. The smallest absolute Gasteiger partial charge is 0.364 e. The number of fused-ring (bicyclic) bond motifs is 1. The van der Waals surface area contributed by atoms with Crippen molar-refractivity contribution in [3.63, 3.8) is 0 Å². The number of nitrogens with zero attached hydrogens (tertiary/aromatic N) is 3. The fraction of sp³-hybridized carbons (Fsp3) is 0.241. The van der Waals surface area contributed by atoms with Crippen molar-refractivity contribution in [1.82, 2.24) is 4.57 Å². The number of thioether (sulfide) groups is 1. The van der Waals surface area contributed by atoms with Crippen LogP contribution in [0.3, 0.4) is 0 Å². The van der Waals surface area contributed by atoms with Gasteiger partial charge in [-0.05, 0) is 66.9 Å². The summed E-state index contributed by atoms with van der Waals surface area (Å²) >= 11 is 1.62. The SMILES string of the molecule is CCCCCn1c(O)c(N=NC(=O)Nc2cccc(F)c2)c2cc(SCCc3ccc(C(=O)O)cc3)ccc21. The Kier molecular flexibility index (Phi) is 9.32. The van der Waals surface area contributed by atoms with Crippen LogP contribution in [0.25, 0.3) is 10.9 Å². The van der Waals surface area contributed by atoms with Gasteiger partial charge in [-0.25, -0.2) is 14.0 Å². The topological polar surface area (TPSA) is 116 Å². The number of aromatic nitrogens is 1. The highest BCUT2D eigenvalue weighted by molar-refractivity contribution is 7.99. The number of aromatic carboxylic acids is 1. The van der Waals surface area contributed by atoms with Crippen molar-refractivity contribution in [2.75, 3.05) is 11.1 Å². The number of halogens is 1. The largest absolute Gasteiger partial charge is 0.493 e. The lowest BCUT2D eigenvalue weighted by Crippen LogP contribution is -2.05. The number of urea groups is 1. The molecule has 1 aromatic heterocycles. The number of anilines is 1. The molecule has 10 heteroatoms. The number of aryl methyl sites for hydroxylation is 2. The maximum absolute atomic E-state index is 13.4. The molecule has 3 aromatic carbocycles. The Balaban J connectivity index is 1.54. The number of unbranched alkanes of at least 4 members (excludes halogenated alkanes) is 2. The number of carboxylic acid groups (broad SMARTS) is 1. The molecule has 0 bridgehead atoms. The molecule has 0 spiro atoms. The van der Waals surface area contributed by atoms with Crippen LogP contribution in [-0.4, -0.2) is 32.5 Å². The van der Waals surface area contributed by atoms with E-state index in [-0.39, 0.29) is 22.8 Å². The molecule has 4 rings (SSSR count). The summed E-state index contributed by atoms with van der Waals surface area (Å²) in [6.45, 7) is 2.70. The fourth-order valence-corrected chi connectivity index (χ4v) is 5.09. The molecule has 39 heavy (non-hydrogen) atoms. The fourth-order valence-electron chi connectivity index (χ4n) is 4.15. The molecule has 0 aliphatic rings. The highest BCUT2D eigenvalue weighted by Crippen LogP contribution is 2.41. The van der Waals surface area contributed by atoms with E-state index in [2.05, 4.69) is 22.5 Å². The quantitative estimate of drug-likeness (QED) is 0.0997. The molecule has 0 aliphatic carbocycles. The molecule has 2 amide bonds. The zero-order chi connectivity index (χ0) is 27.8. The number of amides is 2. The third-order valence-electron chi connectivity index (χ3n) is 6.14. The van der Waals surface area contributed by atoms with E-state index in [1.165, 1.54) is 24.3 Å². The number of hydrogen-bond acceptors (Lipinski definition) is 5. The van der Waals surface area contributed by atoms with Gasteiger partial charge in [0.15, 0.2) is 5.69 Å². The van der Waals surface area contributed by atoms with E-state index in [0.717, 1.165) is 47.4 Å². The van der Waals surface area contributed by atoms with Gasteiger partial charge < -0.3 is 20.1 Å². The summed E-state index contributed by atoms with van der Waals surface area (Å²) in [4.78, 5) is 24.3. The van der Waals surface area contributed by atoms with Crippen molar-refractivity contribution in [3.8, 4) is 5.88 Å². The molecular formula is C29H29FN4O4S. The molecule has 0 unspecified atom stereocenters. The number of azo groups is 1. The van der Waals surface area contributed by atoms with E-state index in [0.29, 0.717) is 11.9 Å². The lowest BCUT2D eigenvalue weighted by atomic mass is 10.1. The van der Waals surface area contributed by atoms with Crippen molar-refractivity contribution in [1.29, 1.82) is 0 Å². The van der Waals surface area contributed by atoms with Crippen LogP contribution in [0.2, 0.25) is 0 Å². The number of aromatic hydroxyl groups is 1. The summed E-state index contributed by atoms with van der Waals surface area (Å²) < 4.78 is 15.2. The predicted molar refractivity (Wildman–Crippen MR) is 151 cm³/mol. The Labute approximate surface area is 229 Å². The highest BCUT2D eigenvalue weighted by atomic mass is 32.2. The van der Waals surface area contributed by atoms with Gasteiger partial charge in [-0.2, -0.15) is 0 Å². The number of benzene rings is 3. The summed E-state index contributed by atoms with van der Waals surface area (Å²) in [7, 11) is 0. The summed E-state index contributed by atoms with van der Waals surface area (Å²) in [6.07, 6.45) is 3.67. The minimum Gasteiger partial charge on any atom is -0.493 e. The van der Waals surface area contributed by atoms with Crippen molar-refractivity contribution in [2.45, 2.75) is 44.0 Å². The standard InChI is InChI=1S/C29H29FN4O4S/c1-2-3-4-15-34-25-13-12-23(39-16-14-19-8-10-20(11-9-19)28(36)37)18-24(25)26(27(34)35)32-33-29(38)31-22-7-5-6-21(30)17-22/h5-13,17-18,35H,2-4,14-16H2,1H3,(H,31,38)(H,36,37). The third-order valence-corrected chi connectivity index (χ3v) is 7.14. The van der Waals surface area contributed by atoms with Crippen LogP contribution in [0.1, 0.15) is 42.1 Å². The predicted octanol–water partition coefficient (Wildman–Crippen LogP) is 8.03. The summed E-state index contributed by atoms with van der Waals surface area (Å²) in [5, 5.41) is 31.0. The van der Waals surface area contributed by atoms with Gasteiger partial charge in [0.2, 0.25) is 5.88 Å². The van der Waals surface area contributed by atoms with E-state index in [1.807, 2.05) is 30.3 Å². The molecular weight excluding hydrogens is 519 g/mol. The van der Waals surface area contributed by atoms with Gasteiger partial charge in [0.05, 0.1) is 11.1 Å². The number of rotatable bonds is 11. The van der Waals surface area contributed by atoms with Crippen LogP contribution in [0.15, 0.2) is 81.9 Å². The maximum atomic E-state index is 13.4. The summed E-state index contributed by atoms with van der Waals surface area (Å²) in [5.41, 5.74) is 2.53. The van der Waals surface area contributed by atoms with Crippen LogP contribution in [0.4, 0.5) is 20.6 Å². The number of carboxylic acids is 1. The number of nitrogens with one attached hydrogen (secondary N) is 1. The first-order valence-electron chi connectivity index (χ1n) is 12.6. The molecule has 4 aromatic rings. The normalized spacial score (nSPS) is 11.3. The molecule has 3 N–H and O–H groups in total. The van der Waals surface area contributed by atoms with Crippen LogP contribution in [-0.2, 0) is 13.0 Å². The second-order valence-corrected chi connectivity index (χ2v) is 10.1. The van der Waals surface area contributed by atoms with Gasteiger partial charge >= 0.3 is 12.0 Å². The van der Waals surface area contributed by atoms with Crippen molar-refractivity contribution >= 4 is 46.0 Å². The lowest BCUT2D eigenvalue weighted by molar-refractivity contribution is 0.0697. The van der Waals surface area contributed by atoms with Crippen molar-refractivity contribution < 1.29 is 24.2 Å². The van der Waals surface area contributed by atoms with Crippen LogP contribution in [0, 0.1) is 5.82 Å². The van der Waals surface area contributed by atoms with Crippen LogP contribution >= 0.6 is 11.8 Å². The van der Waals surface area contributed by atoms with Gasteiger partial charge in [-0.1, -0.05) is 43.1 Å². The summed E-state index contributed by atoms with van der Waals surface area (Å²) in [5.74, 6) is -0.744. The molecule has 0 saturated carbocycles. The van der Waals surface area contributed by atoms with E-state index < -0.39 is 17.8 Å². The molecule has 1 heterocycles. The molecule has 8 nitrogen and oxygen atoms in total. The molecule has 0 fully saturated rings. The maximum Gasteiger partial charge on any atom is 0.364 e. The van der Waals surface area contributed by atoms with Gasteiger partial charge in [-0.3, -0.25) is 0 Å². The minimum atomic E-state index is -0.950. The van der Waals surface area contributed by atoms with E-state index in [1.54, 1.807) is 28.5 Å². The number of hydrogen-bond donors (Lipinski definition) is 3. The average molecular weight is 549 g/mol. The van der Waals surface area contributed by atoms with Gasteiger partial charge in [0.25, 0.3) is 0 Å². The summed E-state index contributed by atoms with van der Waals surface area (Å²) in [6, 6.07) is 17.3. The highest BCUT2D eigenvalue weighted by Gasteiger charge is 2.18. The minimum absolute atomic E-state index is 0.0657. The Morgan fingerprint density at radius 3 is 2.56 bits per heavy atom. The number of carbonyl (C=O) groups excluding carboxylic acids is 1. The lowest BCUT2D eigenvalue weighted by Gasteiger charge is -2.07. The first kappa shape index (κ1) is 27.8. The molecule has 0 aliphatic heterocycles. The Hall–Kier alpha value is -4.18. The van der Waals surface area contributed by atoms with Gasteiger partial charge in [-0.15, -0.1) is 16.9 Å². The third kappa shape index (κ3) is 7.23. The zero-order valence-corrected chi connectivity index (χ0v) is 22.2. The molecule has 0 radical (unpaired) electrons. The molecule has 0 saturated heterocycles. The van der Waals surface area contributed by atoms with Crippen LogP contribution in [0.5, 0.6) is 5.88 Å². The molecule has 0 atom stereocenters. The van der Waals surface area contributed by atoms with E-state index >= 15 is 0 Å². The Morgan fingerprint density at radius 2 is 1.85 bits per heavy atom. The first-order valence-corrected chi connectivity index (χ1v) is 13.6. The monoisotopic (exact) mass is 548 g/mol. The zero-order valence-electron chi connectivity index (χ0n) is 21.4. The Morgan fingerprint density at radius 1 is 1.05 bits per heavy atom. The van der Waals surface area contributed by atoms with E-state index in [9.17, 15) is 19.1 Å². The second-order valence-electron chi connectivity index (χ2n) is 8.95. The second kappa shape index (κ2) is 13.1. The first-order chi connectivity index (χ1) is 18.9. The van der Waals surface area contributed by atoms with Crippen molar-refractivity contribution in [2.24, 2.45) is 10.2 Å².